The number of para-hydroxylation sites is 1. The number of aryl methyl sites for hydroxylation is 1. The van der Waals surface area contributed by atoms with Crippen LogP contribution in [0.5, 0.6) is 5.75 Å². The van der Waals surface area contributed by atoms with Crippen LogP contribution in [0.3, 0.4) is 0 Å². The number of imidazole rings is 1. The molecule has 0 saturated heterocycles. The summed E-state index contributed by atoms with van der Waals surface area (Å²) in [6, 6.07) is 33.7. The number of aromatic nitrogens is 3. The van der Waals surface area contributed by atoms with E-state index in [-0.39, 0.29) is 26.8 Å². The van der Waals surface area contributed by atoms with Gasteiger partial charge >= 0.3 is 0 Å². The smallest absolute Gasteiger partial charge is 0.128 e. The Bertz CT molecular complexity index is 1700. The van der Waals surface area contributed by atoms with Crippen molar-refractivity contribution in [2.45, 2.75) is 12.8 Å². The molecule has 4 nitrogen and oxygen atoms in total. The molecular weight excluding hydrogens is 649 g/mol. The average molecular weight is 676 g/mol. The fraction of sp³-hybridized carbons (Fsp3) is 0.0909. The Morgan fingerprint density at radius 2 is 1.47 bits per heavy atom. The summed E-state index contributed by atoms with van der Waals surface area (Å²) in [5, 5.41) is 13.7. The van der Waals surface area contributed by atoms with E-state index in [9.17, 15) is 5.11 Å². The monoisotopic (exact) mass is 675 g/mol. The summed E-state index contributed by atoms with van der Waals surface area (Å²) in [6.45, 7) is 0. The average Bonchev–Trinajstić information content (AvgIpc) is 3.33. The molecule has 6 rings (SSSR count). The third-order valence-corrected chi connectivity index (χ3v) is 6.85. The van der Waals surface area contributed by atoms with E-state index in [0.29, 0.717) is 6.42 Å². The molecule has 1 N–H and O–H groups in total. The third kappa shape index (κ3) is 5.05. The second-order valence-corrected chi connectivity index (χ2v) is 9.29. The molecule has 2 heterocycles. The number of pyridine rings is 1. The molecule has 190 valence electrons. The first-order chi connectivity index (χ1) is 18.2. The van der Waals surface area contributed by atoms with Crippen molar-refractivity contribution in [2.75, 3.05) is 0 Å². The van der Waals surface area contributed by atoms with Crippen LogP contribution in [0.4, 0.5) is 0 Å². The molecule has 0 fully saturated rings. The second kappa shape index (κ2) is 11.2. The van der Waals surface area contributed by atoms with Crippen LogP contribution in [-0.2, 0) is 41.0 Å². The Hall–Kier alpha value is -4.01. The van der Waals surface area contributed by atoms with Gasteiger partial charge in [-0.05, 0) is 40.1 Å². The van der Waals surface area contributed by atoms with Gasteiger partial charge in [0, 0.05) is 64.1 Å². The molecule has 0 saturated carbocycles. The molecule has 0 spiro atoms. The normalized spacial score (nSPS) is 10.9. The standard InChI is InChI=1S/C33H26N3O.Pt/c1-36-22-31(35-33(36)23-10-3-2-4-11-23)30-17-9-15-26(32(30)37)18-24-12-5-6-13-25(24)19-28-21-34-20-27-14-7-8-16-29(27)28;/h2-10,12-17,20-22,37H,18-19H2,1H3;/q-1;. The molecule has 4 aromatic carbocycles. The number of hydrogen-bond donors (Lipinski definition) is 1. The van der Waals surface area contributed by atoms with E-state index >= 15 is 0 Å². The first-order valence-electron chi connectivity index (χ1n) is 12.4. The minimum Gasteiger partial charge on any atom is -0.507 e. The van der Waals surface area contributed by atoms with Crippen LogP contribution in [0.1, 0.15) is 22.3 Å². The van der Waals surface area contributed by atoms with Gasteiger partial charge in [0.2, 0.25) is 0 Å². The molecule has 0 aliphatic heterocycles. The first kappa shape index (κ1) is 25.6. The predicted octanol–water partition coefficient (Wildman–Crippen LogP) is 6.99. The Balaban J connectivity index is 0.00000294. The number of phenols is 1. The number of benzene rings is 4. The Morgan fingerprint density at radius 1 is 0.763 bits per heavy atom. The summed E-state index contributed by atoms with van der Waals surface area (Å²) in [4.78, 5) is 9.29. The van der Waals surface area contributed by atoms with Crippen LogP contribution in [-0.4, -0.2) is 19.6 Å². The molecule has 6 aromatic rings. The van der Waals surface area contributed by atoms with Crippen molar-refractivity contribution in [1.82, 2.24) is 14.5 Å². The molecule has 0 amide bonds. The Morgan fingerprint density at radius 3 is 2.26 bits per heavy atom. The van der Waals surface area contributed by atoms with Gasteiger partial charge in [0.15, 0.2) is 0 Å². The zero-order valence-electron chi connectivity index (χ0n) is 20.9. The number of hydrogen-bond acceptors (Lipinski definition) is 3. The van der Waals surface area contributed by atoms with Gasteiger partial charge in [0.1, 0.15) is 5.75 Å². The topological polar surface area (TPSA) is 50.9 Å². The zero-order valence-corrected chi connectivity index (χ0v) is 23.2. The molecule has 0 unspecified atom stereocenters. The fourth-order valence-electron chi connectivity index (χ4n) is 4.95. The van der Waals surface area contributed by atoms with Crippen molar-refractivity contribution in [2.24, 2.45) is 7.05 Å². The van der Waals surface area contributed by atoms with Gasteiger partial charge in [-0.2, -0.15) is 0 Å². The van der Waals surface area contributed by atoms with Gasteiger partial charge in [-0.1, -0.05) is 60.7 Å². The van der Waals surface area contributed by atoms with E-state index in [2.05, 4.69) is 53.5 Å². The van der Waals surface area contributed by atoms with E-state index < -0.39 is 0 Å². The van der Waals surface area contributed by atoms with Crippen molar-refractivity contribution < 1.29 is 26.2 Å². The Labute approximate surface area is 236 Å². The van der Waals surface area contributed by atoms with E-state index in [1.165, 1.54) is 22.1 Å². The quantitative estimate of drug-likeness (QED) is 0.194. The first-order valence-corrected chi connectivity index (χ1v) is 12.4. The Kier molecular flexibility index (Phi) is 7.53. The summed E-state index contributed by atoms with van der Waals surface area (Å²) in [6.07, 6.45) is 7.23. The number of rotatable bonds is 6. The van der Waals surface area contributed by atoms with Crippen molar-refractivity contribution in [3.05, 3.63) is 138 Å². The summed E-state index contributed by atoms with van der Waals surface area (Å²) in [7, 11) is 1.96. The van der Waals surface area contributed by atoms with Crippen LogP contribution in [0.2, 0.25) is 0 Å². The van der Waals surface area contributed by atoms with Crippen LogP contribution in [0.25, 0.3) is 33.4 Å². The van der Waals surface area contributed by atoms with Crippen LogP contribution < -0.4 is 0 Å². The van der Waals surface area contributed by atoms with E-state index in [1.54, 1.807) is 0 Å². The largest absolute Gasteiger partial charge is 0.507 e. The van der Waals surface area contributed by atoms with Crippen molar-refractivity contribution in [3.63, 3.8) is 0 Å². The number of fused-ring (bicyclic) bond motifs is 1. The van der Waals surface area contributed by atoms with Gasteiger partial charge in [0.25, 0.3) is 0 Å². The van der Waals surface area contributed by atoms with E-state index in [1.807, 2.05) is 78.7 Å². The van der Waals surface area contributed by atoms with E-state index in [4.69, 9.17) is 4.98 Å². The van der Waals surface area contributed by atoms with Gasteiger partial charge in [0.05, 0.1) is 11.5 Å². The summed E-state index contributed by atoms with van der Waals surface area (Å²) < 4.78 is 1.97. The van der Waals surface area contributed by atoms with Crippen molar-refractivity contribution in [1.29, 1.82) is 0 Å². The SMILES string of the molecule is Cn1cc(-c2cccc(Cc3ccccc3Cc3cncc4ccccc34)c2O)nc1-c1[c-]cccc1.[Pt]. The van der Waals surface area contributed by atoms with Gasteiger partial charge in [-0.25, -0.2) is 0 Å². The molecule has 38 heavy (non-hydrogen) atoms. The van der Waals surface area contributed by atoms with Crippen LogP contribution in [0, 0.1) is 6.07 Å². The fourth-order valence-corrected chi connectivity index (χ4v) is 4.95. The number of nitrogens with zero attached hydrogens (tertiary/aromatic N) is 3. The van der Waals surface area contributed by atoms with Gasteiger partial charge in [-0.15, -0.1) is 35.9 Å². The second-order valence-electron chi connectivity index (χ2n) is 9.29. The summed E-state index contributed by atoms with van der Waals surface area (Å²) >= 11 is 0. The van der Waals surface area contributed by atoms with Crippen LogP contribution in [0.15, 0.2) is 110 Å². The van der Waals surface area contributed by atoms with Crippen molar-refractivity contribution in [3.8, 4) is 28.4 Å². The summed E-state index contributed by atoms with van der Waals surface area (Å²) in [5.41, 5.74) is 6.87. The molecule has 0 radical (unpaired) electrons. The van der Waals surface area contributed by atoms with Gasteiger partial charge < -0.3 is 9.67 Å². The van der Waals surface area contributed by atoms with Gasteiger partial charge in [-0.3, -0.25) is 9.97 Å². The minimum atomic E-state index is 0. The molecule has 0 atom stereocenters. The predicted molar refractivity (Wildman–Crippen MR) is 148 cm³/mol. The molecule has 2 aromatic heterocycles. The number of phenolic OH excluding ortho intramolecular Hbond substituents is 1. The van der Waals surface area contributed by atoms with E-state index in [0.717, 1.165) is 40.0 Å². The third-order valence-electron chi connectivity index (χ3n) is 6.85. The molecule has 0 aliphatic rings. The number of aromatic hydroxyl groups is 1. The zero-order chi connectivity index (χ0) is 25.2. The maximum Gasteiger partial charge on any atom is 0.128 e. The summed E-state index contributed by atoms with van der Waals surface area (Å²) in [5.74, 6) is 1.08. The maximum absolute atomic E-state index is 11.3. The molecular formula is C33H26N3OPt-. The molecule has 5 heteroatoms. The maximum atomic E-state index is 11.3. The van der Waals surface area contributed by atoms with Crippen molar-refractivity contribution >= 4 is 10.8 Å². The minimum absolute atomic E-state index is 0. The molecule has 0 bridgehead atoms. The van der Waals surface area contributed by atoms with Crippen LogP contribution >= 0.6 is 0 Å². The molecule has 0 aliphatic carbocycles.